The van der Waals surface area contributed by atoms with Crippen LogP contribution in [0.4, 0.5) is 14.9 Å². The molecule has 1 aromatic carbocycles. The molecule has 0 aliphatic heterocycles. The van der Waals surface area contributed by atoms with Gasteiger partial charge in [-0.1, -0.05) is 19.9 Å². The van der Waals surface area contributed by atoms with Gasteiger partial charge in [0.15, 0.2) is 0 Å². The van der Waals surface area contributed by atoms with Crippen LogP contribution in [0.25, 0.3) is 0 Å². The second-order valence-electron chi connectivity index (χ2n) is 4.83. The Hall–Kier alpha value is -1.62. The molecular weight excluding hydrogens is 235 g/mol. The first-order valence-electron chi connectivity index (χ1n) is 5.84. The molecule has 1 unspecified atom stereocenters. The van der Waals surface area contributed by atoms with Gasteiger partial charge in [-0.25, -0.2) is 9.18 Å². The summed E-state index contributed by atoms with van der Waals surface area (Å²) in [5.74, 6) is -0.394. The molecule has 0 fully saturated rings. The van der Waals surface area contributed by atoms with Crippen LogP contribution in [0, 0.1) is 11.7 Å². The van der Waals surface area contributed by atoms with Crippen LogP contribution >= 0.6 is 0 Å². The van der Waals surface area contributed by atoms with E-state index in [1.165, 1.54) is 18.2 Å². The predicted molar refractivity (Wildman–Crippen MR) is 68.9 cm³/mol. The van der Waals surface area contributed by atoms with Crippen molar-refractivity contribution in [3.05, 3.63) is 30.1 Å². The van der Waals surface area contributed by atoms with E-state index >= 15 is 0 Å². The van der Waals surface area contributed by atoms with Gasteiger partial charge < -0.3 is 15.7 Å². The van der Waals surface area contributed by atoms with Crippen molar-refractivity contribution in [1.82, 2.24) is 5.32 Å². The summed E-state index contributed by atoms with van der Waals surface area (Å²) < 4.78 is 12.9. The average molecular weight is 254 g/mol. The number of hydrogen-bond donors (Lipinski definition) is 3. The van der Waals surface area contributed by atoms with E-state index in [1.54, 1.807) is 13.0 Å². The molecule has 100 valence electrons. The van der Waals surface area contributed by atoms with Crippen LogP contribution in [0.15, 0.2) is 24.3 Å². The summed E-state index contributed by atoms with van der Waals surface area (Å²) >= 11 is 0. The Morgan fingerprint density at radius 2 is 2.17 bits per heavy atom. The lowest BCUT2D eigenvalue weighted by molar-refractivity contribution is 0.0170. The topological polar surface area (TPSA) is 61.4 Å². The smallest absolute Gasteiger partial charge is 0.319 e. The quantitative estimate of drug-likeness (QED) is 0.772. The monoisotopic (exact) mass is 254 g/mol. The molecule has 0 bridgehead atoms. The molecule has 0 aliphatic rings. The first kappa shape index (κ1) is 14.4. The third-order valence-electron chi connectivity index (χ3n) is 2.93. The molecule has 3 N–H and O–H groups in total. The number of hydrogen-bond acceptors (Lipinski definition) is 2. The number of rotatable bonds is 4. The molecule has 0 spiro atoms. The summed E-state index contributed by atoms with van der Waals surface area (Å²) in [6.45, 7) is 5.52. The summed E-state index contributed by atoms with van der Waals surface area (Å²) in [5.41, 5.74) is -0.601. The minimum absolute atomic E-state index is 0.0203. The molecule has 0 aliphatic carbocycles. The minimum atomic E-state index is -0.973. The Labute approximate surface area is 106 Å². The minimum Gasteiger partial charge on any atom is -0.388 e. The predicted octanol–water partition coefficient (Wildman–Crippen LogP) is 2.35. The Kier molecular flexibility index (Phi) is 4.67. The molecule has 4 nitrogen and oxygen atoms in total. The largest absolute Gasteiger partial charge is 0.388 e. The van der Waals surface area contributed by atoms with Crippen LogP contribution in [0.1, 0.15) is 20.8 Å². The third-order valence-corrected chi connectivity index (χ3v) is 2.93. The Bertz CT molecular complexity index is 419. The fourth-order valence-corrected chi connectivity index (χ4v) is 1.20. The maximum absolute atomic E-state index is 12.9. The van der Waals surface area contributed by atoms with Gasteiger partial charge in [-0.3, -0.25) is 0 Å². The standard InChI is InChI=1S/C13H19FN2O2/c1-9(2)13(3,18)8-15-12(17)16-11-6-4-5-10(14)7-11/h4-7,9,18H,8H2,1-3H3,(H2,15,16,17). The number of amides is 2. The van der Waals surface area contributed by atoms with Gasteiger partial charge in [0.2, 0.25) is 0 Å². The number of halogens is 1. The molecular formula is C13H19FN2O2. The zero-order valence-electron chi connectivity index (χ0n) is 10.8. The van der Waals surface area contributed by atoms with Gasteiger partial charge in [-0.2, -0.15) is 0 Å². The van der Waals surface area contributed by atoms with Gasteiger partial charge in [0.25, 0.3) is 0 Å². The lowest BCUT2D eigenvalue weighted by Gasteiger charge is -2.27. The van der Waals surface area contributed by atoms with Gasteiger partial charge in [0, 0.05) is 12.2 Å². The molecule has 0 saturated carbocycles. The summed E-state index contributed by atoms with van der Waals surface area (Å²) in [6.07, 6.45) is 0. The van der Waals surface area contributed by atoms with E-state index in [0.29, 0.717) is 5.69 Å². The van der Waals surface area contributed by atoms with Gasteiger partial charge >= 0.3 is 6.03 Å². The van der Waals surface area contributed by atoms with E-state index in [0.717, 1.165) is 0 Å². The zero-order valence-corrected chi connectivity index (χ0v) is 10.8. The summed E-state index contributed by atoms with van der Waals surface area (Å²) in [4.78, 5) is 11.5. The maximum Gasteiger partial charge on any atom is 0.319 e. The highest BCUT2D eigenvalue weighted by Crippen LogP contribution is 2.14. The van der Waals surface area contributed by atoms with E-state index in [1.807, 2.05) is 13.8 Å². The molecule has 0 saturated heterocycles. The van der Waals surface area contributed by atoms with Gasteiger partial charge in [-0.05, 0) is 31.0 Å². The highest BCUT2D eigenvalue weighted by Gasteiger charge is 2.25. The molecule has 18 heavy (non-hydrogen) atoms. The van der Waals surface area contributed by atoms with Crippen LogP contribution in [0.5, 0.6) is 0 Å². The number of aliphatic hydroxyl groups is 1. The number of carbonyl (C=O) groups excluding carboxylic acids is 1. The fourth-order valence-electron chi connectivity index (χ4n) is 1.20. The van der Waals surface area contributed by atoms with E-state index in [4.69, 9.17) is 0 Å². The van der Waals surface area contributed by atoms with Crippen molar-refractivity contribution in [2.75, 3.05) is 11.9 Å². The third kappa shape index (κ3) is 4.33. The number of benzene rings is 1. The van der Waals surface area contributed by atoms with Crippen LogP contribution < -0.4 is 10.6 Å². The van der Waals surface area contributed by atoms with E-state index in [2.05, 4.69) is 10.6 Å². The van der Waals surface area contributed by atoms with Crippen molar-refractivity contribution in [3.8, 4) is 0 Å². The first-order valence-corrected chi connectivity index (χ1v) is 5.84. The first-order chi connectivity index (χ1) is 8.31. The van der Waals surface area contributed by atoms with Crippen LogP contribution in [-0.2, 0) is 0 Å². The van der Waals surface area contributed by atoms with Crippen LogP contribution in [0.2, 0.25) is 0 Å². The normalized spacial score (nSPS) is 14.1. The van der Waals surface area contributed by atoms with E-state index in [9.17, 15) is 14.3 Å². The zero-order chi connectivity index (χ0) is 13.8. The van der Waals surface area contributed by atoms with Crippen LogP contribution in [-0.4, -0.2) is 23.3 Å². The van der Waals surface area contributed by atoms with Gasteiger partial charge in [0.05, 0.1) is 5.60 Å². The lowest BCUT2D eigenvalue weighted by Crippen LogP contribution is -2.45. The van der Waals surface area contributed by atoms with E-state index < -0.39 is 17.4 Å². The Morgan fingerprint density at radius 1 is 1.50 bits per heavy atom. The maximum atomic E-state index is 12.9. The lowest BCUT2D eigenvalue weighted by atomic mass is 9.93. The molecule has 5 heteroatoms. The van der Waals surface area contributed by atoms with E-state index in [-0.39, 0.29) is 12.5 Å². The second-order valence-corrected chi connectivity index (χ2v) is 4.83. The molecule has 0 aromatic heterocycles. The summed E-state index contributed by atoms with van der Waals surface area (Å²) in [5, 5.41) is 15.0. The molecule has 1 aromatic rings. The van der Waals surface area contributed by atoms with Crippen molar-refractivity contribution in [3.63, 3.8) is 0 Å². The van der Waals surface area contributed by atoms with Crippen molar-refractivity contribution < 1.29 is 14.3 Å². The highest BCUT2D eigenvalue weighted by atomic mass is 19.1. The van der Waals surface area contributed by atoms with Crippen molar-refractivity contribution >= 4 is 11.7 Å². The molecule has 2 amide bonds. The SMILES string of the molecule is CC(C)C(C)(O)CNC(=O)Nc1cccc(F)c1. The average Bonchev–Trinajstić information content (AvgIpc) is 2.26. The molecule has 0 radical (unpaired) electrons. The molecule has 1 rings (SSSR count). The van der Waals surface area contributed by atoms with Crippen LogP contribution in [0.3, 0.4) is 0 Å². The molecule has 0 heterocycles. The summed E-state index contributed by atoms with van der Waals surface area (Å²) in [7, 11) is 0. The van der Waals surface area contributed by atoms with Gasteiger partial charge in [-0.15, -0.1) is 0 Å². The Balaban J connectivity index is 2.48. The highest BCUT2D eigenvalue weighted by molar-refractivity contribution is 5.89. The number of anilines is 1. The fraction of sp³-hybridized carbons (Fsp3) is 0.462. The van der Waals surface area contributed by atoms with Crippen molar-refractivity contribution in [2.24, 2.45) is 5.92 Å². The number of carbonyl (C=O) groups is 1. The van der Waals surface area contributed by atoms with Crippen molar-refractivity contribution in [2.45, 2.75) is 26.4 Å². The molecule has 1 atom stereocenters. The van der Waals surface area contributed by atoms with Gasteiger partial charge in [0.1, 0.15) is 5.82 Å². The summed E-state index contributed by atoms with van der Waals surface area (Å²) in [6, 6.07) is 5.15. The Morgan fingerprint density at radius 3 is 2.72 bits per heavy atom. The number of nitrogens with one attached hydrogen (secondary N) is 2. The second kappa shape index (κ2) is 5.82. The number of urea groups is 1. The van der Waals surface area contributed by atoms with Crippen molar-refractivity contribution in [1.29, 1.82) is 0 Å².